The molecule has 2 rings (SSSR count). The molecule has 0 saturated heterocycles. The lowest BCUT2D eigenvalue weighted by molar-refractivity contribution is 0.242. The summed E-state index contributed by atoms with van der Waals surface area (Å²) in [6.45, 7) is 12.1. The molecular weight excluding hydrogens is 298 g/mol. The number of anilines is 1. The largest absolute Gasteiger partial charge is 0.492 e. The van der Waals surface area contributed by atoms with Crippen LogP contribution in [0.4, 0.5) is 5.69 Å². The Labute approximate surface area is 146 Å². The quantitative estimate of drug-likeness (QED) is 0.703. The third-order valence-corrected chi connectivity index (χ3v) is 3.65. The first-order valence-corrected chi connectivity index (χ1v) is 8.58. The topological polar surface area (TPSA) is 30.5 Å². The van der Waals surface area contributed by atoms with E-state index in [-0.39, 0.29) is 11.5 Å². The zero-order valence-corrected chi connectivity index (χ0v) is 15.4. The normalized spacial score (nSPS) is 11.4. The third kappa shape index (κ3) is 5.80. The maximum atomic E-state index is 5.78. The average Bonchev–Trinajstić information content (AvgIpc) is 2.52. The van der Waals surface area contributed by atoms with Crippen LogP contribution in [0.1, 0.15) is 40.2 Å². The van der Waals surface area contributed by atoms with Crippen LogP contribution in [0.2, 0.25) is 0 Å². The predicted molar refractivity (Wildman–Crippen MR) is 101 cm³/mol. The van der Waals surface area contributed by atoms with Gasteiger partial charge in [-0.3, -0.25) is 0 Å². The van der Waals surface area contributed by atoms with Crippen LogP contribution in [0.25, 0.3) is 0 Å². The molecule has 3 heteroatoms. The molecule has 3 nitrogen and oxygen atoms in total. The van der Waals surface area contributed by atoms with Gasteiger partial charge < -0.3 is 14.8 Å². The molecule has 0 amide bonds. The van der Waals surface area contributed by atoms with Crippen LogP contribution in [0.5, 0.6) is 11.5 Å². The Morgan fingerprint density at radius 1 is 0.875 bits per heavy atom. The fourth-order valence-electron chi connectivity index (χ4n) is 2.34. The van der Waals surface area contributed by atoms with Crippen LogP contribution < -0.4 is 14.8 Å². The van der Waals surface area contributed by atoms with Crippen molar-refractivity contribution in [2.75, 3.05) is 18.5 Å². The Morgan fingerprint density at radius 2 is 1.46 bits per heavy atom. The van der Waals surface area contributed by atoms with Gasteiger partial charge in [-0.1, -0.05) is 32.9 Å². The van der Waals surface area contributed by atoms with E-state index in [1.54, 1.807) is 0 Å². The average molecular weight is 327 g/mol. The highest BCUT2D eigenvalue weighted by Gasteiger charge is 2.12. The SMILES string of the molecule is CC(C)Oc1ccc(NCCOc2ccc(C(C)(C)C)cc2)cc1. The molecule has 2 aromatic rings. The number of nitrogens with one attached hydrogen (secondary N) is 1. The van der Waals surface area contributed by atoms with Crippen molar-refractivity contribution in [1.82, 2.24) is 0 Å². The van der Waals surface area contributed by atoms with Crippen LogP contribution in [0.15, 0.2) is 48.5 Å². The molecule has 0 fully saturated rings. The van der Waals surface area contributed by atoms with Gasteiger partial charge in [-0.25, -0.2) is 0 Å². The van der Waals surface area contributed by atoms with Gasteiger partial charge in [-0.15, -0.1) is 0 Å². The van der Waals surface area contributed by atoms with Crippen molar-refractivity contribution < 1.29 is 9.47 Å². The Kier molecular flexibility index (Phi) is 6.13. The van der Waals surface area contributed by atoms with E-state index in [2.05, 4.69) is 38.2 Å². The van der Waals surface area contributed by atoms with Crippen LogP contribution in [0, 0.1) is 0 Å². The van der Waals surface area contributed by atoms with E-state index in [0.29, 0.717) is 6.61 Å². The summed E-state index contributed by atoms with van der Waals surface area (Å²) in [6, 6.07) is 16.4. The number of rotatable bonds is 7. The van der Waals surface area contributed by atoms with Gasteiger partial charge in [0.25, 0.3) is 0 Å². The molecular formula is C21H29NO2. The lowest BCUT2D eigenvalue weighted by Gasteiger charge is -2.19. The molecule has 2 aromatic carbocycles. The molecule has 0 radical (unpaired) electrons. The van der Waals surface area contributed by atoms with Crippen LogP contribution >= 0.6 is 0 Å². The predicted octanol–water partition coefficient (Wildman–Crippen LogP) is 5.26. The second-order valence-electron chi connectivity index (χ2n) is 7.24. The first kappa shape index (κ1) is 18.2. The van der Waals surface area contributed by atoms with Crippen molar-refractivity contribution in [3.8, 4) is 11.5 Å². The van der Waals surface area contributed by atoms with Gasteiger partial charge in [0.15, 0.2) is 0 Å². The zero-order valence-electron chi connectivity index (χ0n) is 15.4. The fourth-order valence-corrected chi connectivity index (χ4v) is 2.34. The molecule has 130 valence electrons. The number of hydrogen-bond donors (Lipinski definition) is 1. The monoisotopic (exact) mass is 327 g/mol. The summed E-state index contributed by atoms with van der Waals surface area (Å²) in [7, 11) is 0. The lowest BCUT2D eigenvalue weighted by Crippen LogP contribution is -2.12. The summed E-state index contributed by atoms with van der Waals surface area (Å²) in [6.07, 6.45) is 0.196. The first-order valence-electron chi connectivity index (χ1n) is 8.58. The van der Waals surface area contributed by atoms with E-state index in [4.69, 9.17) is 9.47 Å². The molecule has 0 saturated carbocycles. The van der Waals surface area contributed by atoms with E-state index in [1.807, 2.05) is 50.2 Å². The Balaban J connectivity index is 1.74. The summed E-state index contributed by atoms with van der Waals surface area (Å²) in [5.74, 6) is 1.80. The molecule has 0 atom stereocenters. The molecule has 0 unspecified atom stereocenters. The summed E-state index contributed by atoms with van der Waals surface area (Å²) >= 11 is 0. The summed E-state index contributed by atoms with van der Waals surface area (Å²) in [4.78, 5) is 0. The van der Waals surface area contributed by atoms with Gasteiger partial charge in [0.05, 0.1) is 6.10 Å². The van der Waals surface area contributed by atoms with Crippen molar-refractivity contribution in [3.05, 3.63) is 54.1 Å². The highest BCUT2D eigenvalue weighted by molar-refractivity contribution is 5.46. The summed E-state index contributed by atoms with van der Waals surface area (Å²) in [5, 5.41) is 3.35. The molecule has 0 heterocycles. The third-order valence-electron chi connectivity index (χ3n) is 3.65. The van der Waals surface area contributed by atoms with Gasteiger partial charge in [0.1, 0.15) is 18.1 Å². The van der Waals surface area contributed by atoms with Gasteiger partial charge in [0.2, 0.25) is 0 Å². The fraction of sp³-hybridized carbons (Fsp3) is 0.429. The Hall–Kier alpha value is -2.16. The Morgan fingerprint density at radius 3 is 2.00 bits per heavy atom. The number of benzene rings is 2. The highest BCUT2D eigenvalue weighted by atomic mass is 16.5. The number of hydrogen-bond acceptors (Lipinski definition) is 3. The second kappa shape index (κ2) is 8.09. The maximum Gasteiger partial charge on any atom is 0.119 e. The Bertz CT molecular complexity index is 610. The van der Waals surface area contributed by atoms with Crippen molar-refractivity contribution in [2.24, 2.45) is 0 Å². The molecule has 0 aliphatic heterocycles. The van der Waals surface area contributed by atoms with Crippen LogP contribution in [0.3, 0.4) is 0 Å². The van der Waals surface area contributed by atoms with Gasteiger partial charge >= 0.3 is 0 Å². The van der Waals surface area contributed by atoms with E-state index in [9.17, 15) is 0 Å². The first-order chi connectivity index (χ1) is 11.3. The highest BCUT2D eigenvalue weighted by Crippen LogP contribution is 2.24. The van der Waals surface area contributed by atoms with Crippen molar-refractivity contribution in [1.29, 1.82) is 0 Å². The molecule has 0 spiro atoms. The van der Waals surface area contributed by atoms with Crippen molar-refractivity contribution >= 4 is 5.69 Å². The maximum absolute atomic E-state index is 5.78. The summed E-state index contributed by atoms with van der Waals surface area (Å²) < 4.78 is 11.4. The zero-order chi connectivity index (χ0) is 17.6. The standard InChI is InChI=1S/C21H29NO2/c1-16(2)24-20-12-8-18(9-13-20)22-14-15-23-19-10-6-17(7-11-19)21(3,4)5/h6-13,16,22H,14-15H2,1-5H3. The van der Waals surface area contributed by atoms with E-state index in [1.165, 1.54) is 5.56 Å². The van der Waals surface area contributed by atoms with Crippen molar-refractivity contribution in [3.63, 3.8) is 0 Å². The molecule has 0 aliphatic carbocycles. The lowest BCUT2D eigenvalue weighted by atomic mass is 9.87. The van der Waals surface area contributed by atoms with E-state index >= 15 is 0 Å². The molecule has 24 heavy (non-hydrogen) atoms. The van der Waals surface area contributed by atoms with Crippen LogP contribution in [-0.2, 0) is 5.41 Å². The minimum Gasteiger partial charge on any atom is -0.492 e. The van der Waals surface area contributed by atoms with E-state index < -0.39 is 0 Å². The number of ether oxygens (including phenoxy) is 2. The van der Waals surface area contributed by atoms with Gasteiger partial charge in [-0.2, -0.15) is 0 Å². The molecule has 0 aromatic heterocycles. The van der Waals surface area contributed by atoms with Gasteiger partial charge in [-0.05, 0) is 61.2 Å². The second-order valence-corrected chi connectivity index (χ2v) is 7.24. The summed E-state index contributed by atoms with van der Waals surface area (Å²) in [5.41, 5.74) is 2.56. The molecule has 1 N–H and O–H groups in total. The minimum atomic E-state index is 0.172. The smallest absolute Gasteiger partial charge is 0.119 e. The minimum absolute atomic E-state index is 0.172. The molecule has 0 bridgehead atoms. The van der Waals surface area contributed by atoms with E-state index in [0.717, 1.165) is 23.7 Å². The van der Waals surface area contributed by atoms with Crippen LogP contribution in [-0.4, -0.2) is 19.3 Å². The van der Waals surface area contributed by atoms with Gasteiger partial charge in [0, 0.05) is 12.2 Å². The molecule has 0 aliphatic rings. The van der Waals surface area contributed by atoms with Crippen molar-refractivity contribution in [2.45, 2.75) is 46.1 Å².